The van der Waals surface area contributed by atoms with E-state index < -0.39 is 0 Å². The first-order valence-electron chi connectivity index (χ1n) is 6.29. The second kappa shape index (κ2) is 3.68. The number of aryl methyl sites for hydroxylation is 1. The Bertz CT molecular complexity index is 723. The Hall–Kier alpha value is -1.62. The average Bonchev–Trinajstić information content (AvgIpc) is 3.00. The van der Waals surface area contributed by atoms with Crippen LogP contribution in [-0.2, 0) is 0 Å². The molecule has 0 unspecified atom stereocenters. The molecule has 0 amide bonds. The third-order valence-corrected chi connectivity index (χ3v) is 4.55. The molecule has 0 bridgehead atoms. The normalized spacial score (nSPS) is 15.6. The number of nitrogens with one attached hydrogen (secondary N) is 2. The summed E-state index contributed by atoms with van der Waals surface area (Å²) in [7, 11) is 0. The molecule has 0 aliphatic heterocycles. The quantitative estimate of drug-likeness (QED) is 0.758. The van der Waals surface area contributed by atoms with Crippen molar-refractivity contribution in [3.8, 4) is 0 Å². The molecule has 1 aliphatic carbocycles. The number of pyridine rings is 1. The molecule has 0 spiro atoms. The van der Waals surface area contributed by atoms with Crippen molar-refractivity contribution in [2.75, 3.05) is 11.9 Å². The zero-order valence-corrected chi connectivity index (χ0v) is 11.0. The molecule has 5 heteroatoms. The molecular weight excluding hydrogens is 244 g/mol. The maximum Gasteiger partial charge on any atom is 0.165 e. The van der Waals surface area contributed by atoms with E-state index in [4.69, 9.17) is 0 Å². The van der Waals surface area contributed by atoms with E-state index in [1.54, 1.807) is 11.3 Å². The minimum atomic E-state index is 0.853. The predicted octanol–water partition coefficient (Wildman–Crippen LogP) is 3.30. The Kier molecular flexibility index (Phi) is 2.11. The Morgan fingerprint density at radius 1 is 1.44 bits per heavy atom. The molecule has 3 aromatic heterocycles. The number of hydrogen-bond acceptors (Lipinski definition) is 4. The largest absolute Gasteiger partial charge is 0.367 e. The molecule has 3 heterocycles. The first-order chi connectivity index (χ1) is 8.81. The number of hydrogen-bond donors (Lipinski definition) is 2. The molecule has 18 heavy (non-hydrogen) atoms. The lowest BCUT2D eigenvalue weighted by atomic mass is 10.3. The van der Waals surface area contributed by atoms with Crippen LogP contribution in [0.1, 0.15) is 18.5 Å². The molecule has 0 atom stereocenters. The number of H-pyrrole nitrogens is 1. The Labute approximate surface area is 108 Å². The lowest BCUT2D eigenvalue weighted by molar-refractivity contribution is 0.881. The summed E-state index contributed by atoms with van der Waals surface area (Å²) in [6.45, 7) is 3.07. The van der Waals surface area contributed by atoms with Crippen molar-refractivity contribution in [1.29, 1.82) is 0 Å². The molecule has 3 aromatic rings. The topological polar surface area (TPSA) is 53.6 Å². The van der Waals surface area contributed by atoms with Crippen LogP contribution in [0.5, 0.6) is 0 Å². The summed E-state index contributed by atoms with van der Waals surface area (Å²) in [4.78, 5) is 5.67. The van der Waals surface area contributed by atoms with Gasteiger partial charge in [0.05, 0.1) is 10.2 Å². The van der Waals surface area contributed by atoms with Gasteiger partial charge in [-0.25, -0.2) is 4.98 Å². The number of fused-ring (bicyclic) bond motifs is 3. The van der Waals surface area contributed by atoms with E-state index in [1.165, 1.54) is 22.9 Å². The zero-order chi connectivity index (χ0) is 12.1. The second-order valence-electron chi connectivity index (χ2n) is 5.01. The summed E-state index contributed by atoms with van der Waals surface area (Å²) in [5.74, 6) is 1.84. The van der Waals surface area contributed by atoms with Gasteiger partial charge in [0.2, 0.25) is 0 Å². The molecule has 1 aliphatic rings. The van der Waals surface area contributed by atoms with Crippen LogP contribution < -0.4 is 5.32 Å². The Balaban J connectivity index is 1.81. The van der Waals surface area contributed by atoms with Crippen molar-refractivity contribution in [3.05, 3.63) is 17.8 Å². The number of aromatic nitrogens is 3. The number of rotatable bonds is 3. The average molecular weight is 258 g/mol. The van der Waals surface area contributed by atoms with E-state index in [9.17, 15) is 0 Å². The molecule has 4 nitrogen and oxygen atoms in total. The van der Waals surface area contributed by atoms with Gasteiger partial charge in [-0.2, -0.15) is 5.10 Å². The fourth-order valence-electron chi connectivity index (χ4n) is 2.19. The van der Waals surface area contributed by atoms with E-state index >= 15 is 0 Å². The predicted molar refractivity (Wildman–Crippen MR) is 75.2 cm³/mol. The first kappa shape index (κ1) is 10.3. The molecule has 1 saturated carbocycles. The highest BCUT2D eigenvalue weighted by Gasteiger charge is 2.22. The van der Waals surface area contributed by atoms with E-state index in [0.29, 0.717) is 0 Å². The van der Waals surface area contributed by atoms with Gasteiger partial charge in [0.1, 0.15) is 4.83 Å². The van der Waals surface area contributed by atoms with Gasteiger partial charge in [-0.15, -0.1) is 11.3 Å². The highest BCUT2D eigenvalue weighted by Crippen LogP contribution is 2.36. The monoisotopic (exact) mass is 258 g/mol. The zero-order valence-electron chi connectivity index (χ0n) is 10.2. The van der Waals surface area contributed by atoms with Crippen molar-refractivity contribution in [2.24, 2.45) is 5.92 Å². The van der Waals surface area contributed by atoms with Crippen molar-refractivity contribution in [2.45, 2.75) is 19.8 Å². The highest BCUT2D eigenvalue weighted by molar-refractivity contribution is 7.26. The Morgan fingerprint density at radius 2 is 2.33 bits per heavy atom. The third-order valence-electron chi connectivity index (χ3n) is 3.44. The molecule has 0 aromatic carbocycles. The van der Waals surface area contributed by atoms with Gasteiger partial charge in [-0.1, -0.05) is 0 Å². The molecule has 0 saturated heterocycles. The van der Waals surface area contributed by atoms with Crippen molar-refractivity contribution in [3.63, 3.8) is 0 Å². The smallest absolute Gasteiger partial charge is 0.165 e. The summed E-state index contributed by atoms with van der Waals surface area (Å²) in [5, 5.41) is 12.1. The van der Waals surface area contributed by atoms with Crippen LogP contribution in [0.15, 0.2) is 12.1 Å². The van der Waals surface area contributed by atoms with Crippen molar-refractivity contribution >= 4 is 37.6 Å². The van der Waals surface area contributed by atoms with Crippen LogP contribution in [0.3, 0.4) is 0 Å². The molecular formula is C13H14N4S. The van der Waals surface area contributed by atoms with Crippen LogP contribution in [0.4, 0.5) is 5.82 Å². The maximum absolute atomic E-state index is 4.58. The van der Waals surface area contributed by atoms with Crippen LogP contribution in [-0.4, -0.2) is 21.7 Å². The molecule has 92 valence electrons. The molecule has 2 N–H and O–H groups in total. The van der Waals surface area contributed by atoms with Gasteiger partial charge in [0.25, 0.3) is 0 Å². The fraction of sp³-hybridized carbons (Fsp3) is 0.385. The highest BCUT2D eigenvalue weighted by atomic mass is 32.1. The molecule has 0 radical (unpaired) electrons. The summed E-state index contributed by atoms with van der Waals surface area (Å²) < 4.78 is 1.20. The molecule has 1 fully saturated rings. The number of aromatic amines is 1. The summed E-state index contributed by atoms with van der Waals surface area (Å²) >= 11 is 1.71. The first-order valence-corrected chi connectivity index (χ1v) is 7.11. The van der Waals surface area contributed by atoms with E-state index in [2.05, 4.69) is 26.6 Å². The van der Waals surface area contributed by atoms with Crippen molar-refractivity contribution in [1.82, 2.24) is 15.2 Å². The minimum absolute atomic E-state index is 0.853. The van der Waals surface area contributed by atoms with E-state index in [-0.39, 0.29) is 0 Å². The van der Waals surface area contributed by atoms with Gasteiger partial charge >= 0.3 is 0 Å². The van der Waals surface area contributed by atoms with Crippen LogP contribution in [0.2, 0.25) is 0 Å². The minimum Gasteiger partial charge on any atom is -0.367 e. The summed E-state index contributed by atoms with van der Waals surface area (Å²) in [6.07, 6.45) is 2.71. The maximum atomic E-state index is 4.58. The second-order valence-corrected chi connectivity index (χ2v) is 6.01. The van der Waals surface area contributed by atoms with Gasteiger partial charge in [0, 0.05) is 17.6 Å². The third kappa shape index (κ3) is 1.58. The SMILES string of the molecule is Cc1ccc2c(n1)sc1c(NCC3CC3)n[nH]c12. The Morgan fingerprint density at radius 3 is 3.17 bits per heavy atom. The van der Waals surface area contributed by atoms with Gasteiger partial charge in [-0.05, 0) is 37.8 Å². The number of anilines is 1. The lowest BCUT2D eigenvalue weighted by Crippen LogP contribution is -2.03. The van der Waals surface area contributed by atoms with Gasteiger partial charge in [-0.3, -0.25) is 5.10 Å². The van der Waals surface area contributed by atoms with Crippen LogP contribution in [0, 0.1) is 12.8 Å². The fourth-order valence-corrected chi connectivity index (χ4v) is 3.33. The van der Waals surface area contributed by atoms with E-state index in [1.807, 2.05) is 13.0 Å². The summed E-state index contributed by atoms with van der Waals surface area (Å²) in [6, 6.07) is 4.17. The van der Waals surface area contributed by atoms with Crippen molar-refractivity contribution < 1.29 is 0 Å². The van der Waals surface area contributed by atoms with Gasteiger partial charge < -0.3 is 5.32 Å². The number of nitrogens with zero attached hydrogens (tertiary/aromatic N) is 2. The van der Waals surface area contributed by atoms with E-state index in [0.717, 1.165) is 34.3 Å². The molecule has 4 rings (SSSR count). The summed E-state index contributed by atoms with van der Waals surface area (Å²) in [5.41, 5.74) is 2.17. The van der Waals surface area contributed by atoms with Crippen LogP contribution >= 0.6 is 11.3 Å². The lowest BCUT2D eigenvalue weighted by Gasteiger charge is -1.99. The van der Waals surface area contributed by atoms with Crippen LogP contribution in [0.25, 0.3) is 20.4 Å². The van der Waals surface area contributed by atoms with Gasteiger partial charge in [0.15, 0.2) is 5.82 Å². The standard InChI is InChI=1S/C13H14N4S/c1-7-2-5-9-10-11(18-13(9)15-7)12(17-16-10)14-6-8-3-4-8/h2,5,8H,3-4,6H2,1H3,(H2,14,16,17). The number of thiophene rings is 1.